The second kappa shape index (κ2) is 7.41. The molecule has 0 saturated heterocycles. The molecule has 1 saturated carbocycles. The number of carbonyl (C=O) groups is 1. The summed E-state index contributed by atoms with van der Waals surface area (Å²) in [6, 6.07) is 7.54. The number of rotatable bonds is 3. The number of hydrogen-bond acceptors (Lipinski definition) is 3. The quantitative estimate of drug-likeness (QED) is 0.662. The molecule has 0 aliphatic heterocycles. The van der Waals surface area contributed by atoms with Crippen LogP contribution in [0.5, 0.6) is 0 Å². The SMILES string of the molecule is COC(=O)c1ccc(NC(=S)N[C@@H]2CCCC[C@H]2C)cc1. The van der Waals surface area contributed by atoms with E-state index < -0.39 is 0 Å². The van der Waals surface area contributed by atoms with Gasteiger partial charge in [-0.1, -0.05) is 19.8 Å². The highest BCUT2D eigenvalue weighted by Crippen LogP contribution is 2.23. The Morgan fingerprint density at radius 2 is 1.90 bits per heavy atom. The van der Waals surface area contributed by atoms with E-state index in [0.29, 0.717) is 22.6 Å². The van der Waals surface area contributed by atoms with Gasteiger partial charge in [-0.15, -0.1) is 0 Å². The summed E-state index contributed by atoms with van der Waals surface area (Å²) in [7, 11) is 1.37. The summed E-state index contributed by atoms with van der Waals surface area (Å²) in [6.07, 6.45) is 5.01. The Hall–Kier alpha value is -1.62. The molecule has 1 aromatic carbocycles. The van der Waals surface area contributed by atoms with Gasteiger partial charge in [-0.2, -0.15) is 0 Å². The van der Waals surface area contributed by atoms with E-state index in [2.05, 4.69) is 22.3 Å². The molecule has 2 rings (SSSR count). The predicted octanol–water partition coefficient (Wildman–Crippen LogP) is 3.34. The Morgan fingerprint density at radius 1 is 1.24 bits per heavy atom. The molecule has 0 amide bonds. The van der Waals surface area contributed by atoms with Crippen molar-refractivity contribution in [1.82, 2.24) is 5.32 Å². The van der Waals surface area contributed by atoms with Gasteiger partial charge in [0.05, 0.1) is 12.7 Å². The predicted molar refractivity (Wildman–Crippen MR) is 88.6 cm³/mol. The molecule has 2 atom stereocenters. The Kier molecular flexibility index (Phi) is 5.56. The van der Waals surface area contributed by atoms with Gasteiger partial charge in [0.25, 0.3) is 0 Å². The molecular formula is C16H22N2O2S. The Balaban J connectivity index is 1.88. The third kappa shape index (κ3) is 4.43. The van der Waals surface area contributed by atoms with Crippen LogP contribution in [0.3, 0.4) is 0 Å². The summed E-state index contributed by atoms with van der Waals surface area (Å²) in [5.74, 6) is 0.318. The van der Waals surface area contributed by atoms with Gasteiger partial charge < -0.3 is 15.4 Å². The van der Waals surface area contributed by atoms with Gasteiger partial charge in [-0.05, 0) is 55.2 Å². The normalized spacial score (nSPS) is 21.4. The molecule has 1 aliphatic rings. The summed E-state index contributed by atoms with van der Waals surface area (Å²) in [5.41, 5.74) is 1.39. The molecule has 0 unspecified atom stereocenters. The molecule has 0 bridgehead atoms. The van der Waals surface area contributed by atoms with E-state index in [9.17, 15) is 4.79 Å². The lowest BCUT2D eigenvalue weighted by Gasteiger charge is -2.30. The molecule has 1 fully saturated rings. The summed E-state index contributed by atoms with van der Waals surface area (Å²) in [4.78, 5) is 11.4. The van der Waals surface area contributed by atoms with Crippen molar-refractivity contribution in [2.45, 2.75) is 38.6 Å². The van der Waals surface area contributed by atoms with E-state index in [-0.39, 0.29) is 5.97 Å². The zero-order chi connectivity index (χ0) is 15.2. The minimum atomic E-state index is -0.335. The van der Waals surface area contributed by atoms with Crippen LogP contribution in [0.1, 0.15) is 43.0 Å². The molecule has 5 heteroatoms. The van der Waals surface area contributed by atoms with Crippen LogP contribution < -0.4 is 10.6 Å². The first-order valence-corrected chi connectivity index (χ1v) is 7.77. The molecule has 1 aromatic rings. The number of esters is 1. The maximum Gasteiger partial charge on any atom is 0.337 e. The Bertz CT molecular complexity index is 502. The van der Waals surface area contributed by atoms with Crippen molar-refractivity contribution in [3.05, 3.63) is 29.8 Å². The van der Waals surface area contributed by atoms with Crippen LogP contribution >= 0.6 is 12.2 Å². The minimum absolute atomic E-state index is 0.335. The second-order valence-electron chi connectivity index (χ2n) is 5.54. The summed E-state index contributed by atoms with van der Waals surface area (Å²) < 4.78 is 4.67. The molecule has 4 nitrogen and oxygen atoms in total. The number of ether oxygens (including phenoxy) is 1. The molecule has 0 aromatic heterocycles. The molecule has 21 heavy (non-hydrogen) atoms. The third-order valence-electron chi connectivity index (χ3n) is 3.99. The number of nitrogens with one attached hydrogen (secondary N) is 2. The van der Waals surface area contributed by atoms with Crippen molar-refractivity contribution in [3.8, 4) is 0 Å². The zero-order valence-corrected chi connectivity index (χ0v) is 13.3. The zero-order valence-electron chi connectivity index (χ0n) is 12.5. The monoisotopic (exact) mass is 306 g/mol. The number of hydrogen-bond donors (Lipinski definition) is 2. The molecular weight excluding hydrogens is 284 g/mol. The fraction of sp³-hybridized carbons (Fsp3) is 0.500. The Morgan fingerprint density at radius 3 is 2.52 bits per heavy atom. The van der Waals surface area contributed by atoms with Gasteiger partial charge in [0.2, 0.25) is 0 Å². The smallest absolute Gasteiger partial charge is 0.337 e. The third-order valence-corrected chi connectivity index (χ3v) is 4.21. The van der Waals surface area contributed by atoms with Gasteiger partial charge in [-0.3, -0.25) is 0 Å². The van der Waals surface area contributed by atoms with Crippen molar-refractivity contribution in [3.63, 3.8) is 0 Å². The average molecular weight is 306 g/mol. The van der Waals surface area contributed by atoms with Crippen LogP contribution in [0.2, 0.25) is 0 Å². The maximum atomic E-state index is 11.4. The van der Waals surface area contributed by atoms with E-state index in [4.69, 9.17) is 12.2 Å². The van der Waals surface area contributed by atoms with Crippen LogP contribution in [0.15, 0.2) is 24.3 Å². The Labute approximate surface area is 131 Å². The first kappa shape index (κ1) is 15.8. The van der Waals surface area contributed by atoms with E-state index >= 15 is 0 Å². The minimum Gasteiger partial charge on any atom is -0.465 e. The highest BCUT2D eigenvalue weighted by molar-refractivity contribution is 7.80. The first-order valence-electron chi connectivity index (χ1n) is 7.36. The summed E-state index contributed by atoms with van der Waals surface area (Å²) in [6.45, 7) is 2.27. The summed E-state index contributed by atoms with van der Waals surface area (Å²) in [5, 5.41) is 7.19. The van der Waals surface area contributed by atoms with Crippen LogP contribution in [-0.2, 0) is 4.74 Å². The average Bonchev–Trinajstić information content (AvgIpc) is 2.49. The molecule has 0 heterocycles. The fourth-order valence-electron chi connectivity index (χ4n) is 2.67. The van der Waals surface area contributed by atoms with Crippen LogP contribution in [-0.4, -0.2) is 24.2 Å². The number of carbonyl (C=O) groups excluding carboxylic acids is 1. The lowest BCUT2D eigenvalue weighted by atomic mass is 9.86. The van der Waals surface area contributed by atoms with Gasteiger partial charge in [-0.25, -0.2) is 4.79 Å². The van der Waals surface area contributed by atoms with E-state index in [1.54, 1.807) is 12.1 Å². The van der Waals surface area contributed by atoms with E-state index in [1.807, 2.05) is 12.1 Å². The number of benzene rings is 1. The highest BCUT2D eigenvalue weighted by atomic mass is 32.1. The van der Waals surface area contributed by atoms with Gasteiger partial charge in [0.1, 0.15) is 0 Å². The first-order chi connectivity index (χ1) is 10.1. The lowest BCUT2D eigenvalue weighted by molar-refractivity contribution is 0.0601. The number of methoxy groups -OCH3 is 1. The lowest BCUT2D eigenvalue weighted by Crippen LogP contribution is -2.43. The molecule has 0 radical (unpaired) electrons. The summed E-state index contributed by atoms with van der Waals surface area (Å²) >= 11 is 5.36. The van der Waals surface area contributed by atoms with Crippen LogP contribution in [0.4, 0.5) is 5.69 Å². The fourth-order valence-corrected chi connectivity index (χ4v) is 2.94. The van der Waals surface area contributed by atoms with Gasteiger partial charge >= 0.3 is 5.97 Å². The van der Waals surface area contributed by atoms with Crippen molar-refractivity contribution in [2.24, 2.45) is 5.92 Å². The van der Waals surface area contributed by atoms with E-state index in [0.717, 1.165) is 5.69 Å². The molecule has 0 spiro atoms. The van der Waals surface area contributed by atoms with Gasteiger partial charge in [0, 0.05) is 11.7 Å². The van der Waals surface area contributed by atoms with Gasteiger partial charge in [0.15, 0.2) is 5.11 Å². The van der Waals surface area contributed by atoms with Crippen molar-refractivity contribution in [2.75, 3.05) is 12.4 Å². The van der Waals surface area contributed by atoms with Crippen molar-refractivity contribution < 1.29 is 9.53 Å². The van der Waals surface area contributed by atoms with Crippen molar-refractivity contribution in [1.29, 1.82) is 0 Å². The second-order valence-corrected chi connectivity index (χ2v) is 5.94. The largest absolute Gasteiger partial charge is 0.465 e. The standard InChI is InChI=1S/C16H22N2O2S/c1-11-5-3-4-6-14(11)18-16(21)17-13-9-7-12(8-10-13)15(19)20-2/h7-11,14H,3-6H2,1-2H3,(H2,17,18,21)/t11-,14-/m1/s1. The number of anilines is 1. The molecule has 114 valence electrons. The highest BCUT2D eigenvalue weighted by Gasteiger charge is 2.21. The number of thiocarbonyl (C=S) groups is 1. The topological polar surface area (TPSA) is 50.4 Å². The van der Waals surface area contributed by atoms with Crippen LogP contribution in [0, 0.1) is 5.92 Å². The van der Waals surface area contributed by atoms with E-state index in [1.165, 1.54) is 32.8 Å². The molecule has 1 aliphatic carbocycles. The maximum absolute atomic E-state index is 11.4. The van der Waals surface area contributed by atoms with Crippen LogP contribution in [0.25, 0.3) is 0 Å². The van der Waals surface area contributed by atoms with Crippen molar-refractivity contribution >= 4 is 29.0 Å². The molecule has 2 N–H and O–H groups in total.